The number of anilines is 6. The maximum Gasteiger partial charge on any atom is 0.160 e. The molecule has 366 valence electrons. The molecular formula is C72H56N2O2. The van der Waals surface area contributed by atoms with Gasteiger partial charge in [0.1, 0.15) is 11.2 Å². The van der Waals surface area contributed by atoms with Gasteiger partial charge in [0.25, 0.3) is 0 Å². The van der Waals surface area contributed by atoms with E-state index in [9.17, 15) is 0 Å². The molecule has 0 saturated heterocycles. The number of nitrogens with zero attached hydrogens (tertiary/aromatic N) is 2. The summed E-state index contributed by atoms with van der Waals surface area (Å²) in [5.41, 5.74) is 13.1. The van der Waals surface area contributed by atoms with Gasteiger partial charge in [0, 0.05) is 43.7 Å². The number of furan rings is 2. The van der Waals surface area contributed by atoms with E-state index < -0.39 is 0 Å². The second kappa shape index (κ2) is 17.5. The SMILES string of the molecule is c1ccc(N(c2ccc3ccc4c(N(c5ccccc5)c5cc6ccccc6c6c5oc5c(C7CCCCC7)cccc56)ccc5ccc2c3c54)c2cc3ccccc3c3c2oc2c(C4CCCCC4)cccc23)cc1. The summed E-state index contributed by atoms with van der Waals surface area (Å²) in [6.45, 7) is 0. The summed E-state index contributed by atoms with van der Waals surface area (Å²) >= 11 is 0. The largest absolute Gasteiger partial charge is 0.454 e. The first-order valence-electron chi connectivity index (χ1n) is 27.9. The van der Waals surface area contributed by atoms with Crippen molar-refractivity contribution in [1.82, 2.24) is 0 Å². The van der Waals surface area contributed by atoms with Gasteiger partial charge in [0.2, 0.25) is 0 Å². The lowest BCUT2D eigenvalue weighted by atomic mass is 9.83. The van der Waals surface area contributed by atoms with Crippen LogP contribution in [-0.4, -0.2) is 0 Å². The van der Waals surface area contributed by atoms with Crippen molar-refractivity contribution in [1.29, 1.82) is 0 Å². The minimum atomic E-state index is 0.503. The quantitative estimate of drug-likeness (QED) is 0.142. The first-order valence-corrected chi connectivity index (χ1v) is 27.9. The molecule has 76 heavy (non-hydrogen) atoms. The zero-order valence-electron chi connectivity index (χ0n) is 42.6. The monoisotopic (exact) mass is 980 g/mol. The van der Waals surface area contributed by atoms with Gasteiger partial charge in [-0.2, -0.15) is 0 Å². The molecule has 0 radical (unpaired) electrons. The van der Waals surface area contributed by atoms with Crippen LogP contribution >= 0.6 is 0 Å². The first-order chi connectivity index (χ1) is 37.7. The minimum absolute atomic E-state index is 0.503. The third-order valence-electron chi connectivity index (χ3n) is 17.7. The van der Waals surface area contributed by atoms with Crippen molar-refractivity contribution in [3.8, 4) is 0 Å². The standard InChI is InChI=1S/C72H56N2O2/c1-5-19-45(20-6-1)55-31-17-33-59-67-53-29-15-13-23-49(53)43-63(71(67)75-69(55)59)73(51-25-9-3-10-26-51)61-41-37-47-36-40-58-62(42-38-48-35-39-57(61)65(47)66(48)58)74(52-27-11-4-12-28-52)64-44-50-24-14-16-30-54(50)68-60-34-18-32-56(70(60)76-72(64)68)46-21-7-2-8-22-46/h3-4,9-18,23-46H,1-2,5-8,19-22H2. The summed E-state index contributed by atoms with van der Waals surface area (Å²) in [4.78, 5) is 4.94. The van der Waals surface area contributed by atoms with Crippen molar-refractivity contribution in [2.45, 2.75) is 76.0 Å². The maximum absolute atomic E-state index is 7.41. The van der Waals surface area contributed by atoms with Crippen LogP contribution in [0, 0.1) is 0 Å². The van der Waals surface area contributed by atoms with E-state index in [1.54, 1.807) is 0 Å². The Morgan fingerprint density at radius 3 is 1.12 bits per heavy atom. The molecule has 2 saturated carbocycles. The Balaban J connectivity index is 0.948. The van der Waals surface area contributed by atoms with Gasteiger partial charge in [-0.25, -0.2) is 0 Å². The number of rotatable bonds is 8. The second-order valence-corrected chi connectivity index (χ2v) is 21.9. The molecule has 0 amide bonds. The molecule has 12 aromatic carbocycles. The van der Waals surface area contributed by atoms with E-state index in [1.807, 2.05) is 0 Å². The van der Waals surface area contributed by atoms with E-state index in [2.05, 4.69) is 216 Å². The lowest BCUT2D eigenvalue weighted by Crippen LogP contribution is -2.12. The van der Waals surface area contributed by atoms with Gasteiger partial charge >= 0.3 is 0 Å². The molecule has 2 fully saturated rings. The highest BCUT2D eigenvalue weighted by atomic mass is 16.3. The number of hydrogen-bond donors (Lipinski definition) is 0. The third kappa shape index (κ3) is 6.69. The molecule has 0 bridgehead atoms. The van der Waals surface area contributed by atoms with E-state index in [0.717, 1.165) is 56.5 Å². The van der Waals surface area contributed by atoms with Crippen LogP contribution in [0.2, 0.25) is 0 Å². The van der Waals surface area contributed by atoms with Crippen LogP contribution in [0.5, 0.6) is 0 Å². The Kier molecular flexibility index (Phi) is 10.1. The molecule has 4 heteroatoms. The van der Waals surface area contributed by atoms with Crippen molar-refractivity contribution in [2.24, 2.45) is 0 Å². The Bertz CT molecular complexity index is 4260. The smallest absolute Gasteiger partial charge is 0.160 e. The van der Waals surface area contributed by atoms with Gasteiger partial charge in [-0.15, -0.1) is 0 Å². The Labute approximate surface area is 441 Å². The van der Waals surface area contributed by atoms with Crippen molar-refractivity contribution >= 4 is 132 Å². The number of para-hydroxylation sites is 4. The molecule has 14 aromatic rings. The fraction of sp³-hybridized carbons (Fsp3) is 0.167. The molecule has 2 aromatic heterocycles. The lowest BCUT2D eigenvalue weighted by Gasteiger charge is -2.29. The van der Waals surface area contributed by atoms with Crippen LogP contribution in [0.15, 0.2) is 215 Å². The molecule has 0 spiro atoms. The van der Waals surface area contributed by atoms with Crippen molar-refractivity contribution in [3.63, 3.8) is 0 Å². The zero-order chi connectivity index (χ0) is 49.8. The van der Waals surface area contributed by atoms with Crippen LogP contribution in [0.25, 0.3) is 97.7 Å². The number of benzene rings is 12. The molecule has 0 aliphatic heterocycles. The predicted octanol–water partition coefficient (Wildman–Crippen LogP) is 21.7. The molecule has 4 nitrogen and oxygen atoms in total. The van der Waals surface area contributed by atoms with Crippen molar-refractivity contribution in [3.05, 3.63) is 217 Å². The fourth-order valence-corrected chi connectivity index (χ4v) is 14.2. The van der Waals surface area contributed by atoms with Gasteiger partial charge in [-0.3, -0.25) is 0 Å². The number of hydrogen-bond acceptors (Lipinski definition) is 4. The normalized spacial score (nSPS) is 15.0. The van der Waals surface area contributed by atoms with Gasteiger partial charge in [-0.1, -0.05) is 196 Å². The van der Waals surface area contributed by atoms with E-state index in [-0.39, 0.29) is 0 Å². The van der Waals surface area contributed by atoms with Gasteiger partial charge < -0.3 is 18.6 Å². The zero-order valence-corrected chi connectivity index (χ0v) is 42.6. The molecule has 0 atom stereocenters. The molecule has 16 rings (SSSR count). The van der Waals surface area contributed by atoms with E-state index in [0.29, 0.717) is 11.8 Å². The summed E-state index contributed by atoms with van der Waals surface area (Å²) in [5, 5.41) is 16.9. The van der Waals surface area contributed by atoms with Gasteiger partial charge in [0.05, 0.1) is 22.7 Å². The predicted molar refractivity (Wildman–Crippen MR) is 321 cm³/mol. The molecule has 0 N–H and O–H groups in total. The summed E-state index contributed by atoms with van der Waals surface area (Å²) in [5.74, 6) is 1.01. The van der Waals surface area contributed by atoms with Crippen LogP contribution in [0.1, 0.15) is 87.2 Å². The minimum Gasteiger partial charge on any atom is -0.454 e. The van der Waals surface area contributed by atoms with Gasteiger partial charge in [-0.05, 0) is 140 Å². The fourth-order valence-electron chi connectivity index (χ4n) is 14.2. The average Bonchev–Trinajstić information content (AvgIpc) is 4.27. The van der Waals surface area contributed by atoms with E-state index >= 15 is 0 Å². The molecular weight excluding hydrogens is 925 g/mol. The topological polar surface area (TPSA) is 32.8 Å². The Morgan fingerprint density at radius 1 is 0.276 bits per heavy atom. The third-order valence-corrected chi connectivity index (χ3v) is 17.7. The average molecular weight is 981 g/mol. The molecule has 0 unspecified atom stereocenters. The van der Waals surface area contributed by atoms with Crippen molar-refractivity contribution in [2.75, 3.05) is 9.80 Å². The van der Waals surface area contributed by atoms with Crippen LogP contribution in [-0.2, 0) is 0 Å². The van der Waals surface area contributed by atoms with Crippen LogP contribution in [0.3, 0.4) is 0 Å². The van der Waals surface area contributed by atoms with E-state index in [4.69, 9.17) is 8.83 Å². The molecule has 2 aliphatic rings. The summed E-state index contributed by atoms with van der Waals surface area (Å²) in [6, 6.07) is 76.8. The van der Waals surface area contributed by atoms with Crippen LogP contribution in [0.4, 0.5) is 34.1 Å². The van der Waals surface area contributed by atoms with E-state index in [1.165, 1.54) is 151 Å². The highest BCUT2D eigenvalue weighted by Gasteiger charge is 2.30. The Hall–Kier alpha value is -8.60. The highest BCUT2D eigenvalue weighted by molar-refractivity contribution is 6.30. The van der Waals surface area contributed by atoms with Crippen molar-refractivity contribution < 1.29 is 8.83 Å². The highest BCUT2D eigenvalue weighted by Crippen LogP contribution is 2.53. The maximum atomic E-state index is 7.41. The molecule has 2 aliphatic carbocycles. The second-order valence-electron chi connectivity index (χ2n) is 21.9. The lowest BCUT2D eigenvalue weighted by molar-refractivity contribution is 0.442. The molecule has 2 heterocycles. The van der Waals surface area contributed by atoms with Gasteiger partial charge in [0.15, 0.2) is 11.2 Å². The number of fused-ring (bicyclic) bond motifs is 10. The van der Waals surface area contributed by atoms with Crippen LogP contribution < -0.4 is 9.80 Å². The summed E-state index contributed by atoms with van der Waals surface area (Å²) in [6.07, 6.45) is 12.6. The first kappa shape index (κ1) is 43.8. The summed E-state index contributed by atoms with van der Waals surface area (Å²) in [7, 11) is 0. The Morgan fingerprint density at radius 2 is 0.671 bits per heavy atom. The summed E-state index contributed by atoms with van der Waals surface area (Å²) < 4.78 is 14.8.